The molecule has 0 bridgehead atoms. The summed E-state index contributed by atoms with van der Waals surface area (Å²) >= 11 is 7.90. The molecule has 4 aromatic heterocycles. The van der Waals surface area contributed by atoms with Crippen molar-refractivity contribution in [2.75, 3.05) is 36.8 Å². The summed E-state index contributed by atoms with van der Waals surface area (Å²) < 4.78 is 0. The lowest BCUT2D eigenvalue weighted by atomic mass is 9.90. The number of halogens is 1. The molecule has 6 heterocycles. The first-order chi connectivity index (χ1) is 24.7. The Balaban J connectivity index is 0.000000253. The molecule has 10 nitrogen and oxygen atoms in total. The van der Waals surface area contributed by atoms with E-state index in [1.165, 1.54) is 29.2 Å². The van der Waals surface area contributed by atoms with Crippen LogP contribution >= 0.6 is 61.3 Å². The maximum Gasteiger partial charge on any atom is 0.219 e. The fourth-order valence-electron chi connectivity index (χ4n) is 5.97. The molecule has 2 aliphatic rings. The molecule has 2 saturated heterocycles. The van der Waals surface area contributed by atoms with Crippen molar-refractivity contribution in [2.24, 2.45) is 0 Å². The molecule has 0 aliphatic carbocycles. The number of hydrogen-bond donors (Lipinski definition) is 3. The van der Waals surface area contributed by atoms with Crippen LogP contribution in [0.4, 0.5) is 11.6 Å². The highest BCUT2D eigenvalue weighted by Gasteiger charge is 2.29. The summed E-state index contributed by atoms with van der Waals surface area (Å²) in [5.74, 6) is 3.10. The Kier molecular flexibility index (Phi) is 17.2. The first-order valence-electron chi connectivity index (χ1n) is 16.9. The third-order valence-electron chi connectivity index (χ3n) is 9.15. The minimum Gasteiger partial charge on any atom is -0.363 e. The number of aromatic nitrogens is 4. The van der Waals surface area contributed by atoms with Crippen LogP contribution in [0, 0.1) is 0 Å². The Labute approximate surface area is 344 Å². The van der Waals surface area contributed by atoms with Crippen LogP contribution in [0.5, 0.6) is 0 Å². The summed E-state index contributed by atoms with van der Waals surface area (Å²) in [6.07, 6.45) is 3.23. The SMILES string of the molecule is C.CC(=O)Cl.CC(=O)N1CC(c2ccc([C@H](C)Nc3ncnc4sccc34)cc2)C1.C[C@H](Nc1ncnc2sccc12)c1ccc(C2CNC2)cc1.S.S. The number of fused-ring (bicyclic) bond motifs is 2. The summed E-state index contributed by atoms with van der Waals surface area (Å²) in [5, 5.41) is 16.2. The van der Waals surface area contributed by atoms with Crippen LogP contribution in [-0.2, 0) is 9.59 Å². The van der Waals surface area contributed by atoms with Gasteiger partial charge in [-0.05, 0) is 70.6 Å². The van der Waals surface area contributed by atoms with E-state index in [2.05, 4.69) is 127 Å². The van der Waals surface area contributed by atoms with E-state index in [1.807, 2.05) is 10.3 Å². The van der Waals surface area contributed by atoms with E-state index in [-0.39, 0.29) is 57.7 Å². The summed E-state index contributed by atoms with van der Waals surface area (Å²) in [6, 6.07) is 22.1. The molecule has 2 atom stereocenters. The maximum absolute atomic E-state index is 11.3. The maximum atomic E-state index is 11.3. The van der Waals surface area contributed by atoms with Gasteiger partial charge in [0.05, 0.1) is 10.8 Å². The lowest BCUT2D eigenvalue weighted by Gasteiger charge is -2.39. The second kappa shape index (κ2) is 20.8. The molecule has 0 spiro atoms. The highest BCUT2D eigenvalue weighted by Crippen LogP contribution is 2.31. The second-order valence-corrected chi connectivity index (χ2v) is 15.1. The number of amides is 1. The number of carbonyl (C=O) groups is 2. The van der Waals surface area contributed by atoms with Gasteiger partial charge in [0, 0.05) is 63.9 Å². The lowest BCUT2D eigenvalue weighted by Crippen LogP contribution is -2.47. The van der Waals surface area contributed by atoms with Crippen molar-refractivity contribution in [3.05, 3.63) is 106 Å². The predicted molar refractivity (Wildman–Crippen MR) is 236 cm³/mol. The van der Waals surface area contributed by atoms with Crippen LogP contribution in [0.1, 0.15) is 81.3 Å². The Morgan fingerprint density at radius 1 is 0.722 bits per heavy atom. The second-order valence-electron chi connectivity index (χ2n) is 12.7. The van der Waals surface area contributed by atoms with E-state index < -0.39 is 0 Å². The van der Waals surface area contributed by atoms with Crippen molar-refractivity contribution in [2.45, 2.75) is 59.0 Å². The minimum absolute atomic E-state index is 0. The Hall–Kier alpha value is -3.79. The fourth-order valence-corrected chi connectivity index (χ4v) is 7.44. The number of likely N-dealkylation sites (tertiary alicyclic amines) is 1. The Morgan fingerprint density at radius 2 is 1.13 bits per heavy atom. The predicted octanol–water partition coefficient (Wildman–Crippen LogP) is 8.99. The van der Waals surface area contributed by atoms with Gasteiger partial charge in [-0.25, -0.2) is 19.9 Å². The molecule has 288 valence electrons. The minimum atomic E-state index is -0.361. The van der Waals surface area contributed by atoms with Crippen molar-refractivity contribution in [3.8, 4) is 0 Å². The zero-order valence-electron chi connectivity index (χ0n) is 30.0. The summed E-state index contributed by atoms with van der Waals surface area (Å²) in [4.78, 5) is 41.8. The molecule has 0 saturated carbocycles. The first-order valence-corrected chi connectivity index (χ1v) is 19.0. The van der Waals surface area contributed by atoms with Crippen molar-refractivity contribution in [1.29, 1.82) is 0 Å². The van der Waals surface area contributed by atoms with Crippen LogP contribution in [0.3, 0.4) is 0 Å². The molecule has 0 radical (unpaired) electrons. The highest BCUT2D eigenvalue weighted by molar-refractivity contribution is 7.59. The molecule has 54 heavy (non-hydrogen) atoms. The molecule has 15 heteroatoms. The van der Waals surface area contributed by atoms with E-state index in [0.717, 1.165) is 58.2 Å². The largest absolute Gasteiger partial charge is 0.363 e. The Morgan fingerprint density at radius 3 is 1.50 bits per heavy atom. The third-order valence-corrected chi connectivity index (χ3v) is 10.8. The van der Waals surface area contributed by atoms with Crippen molar-refractivity contribution >= 4 is 104 Å². The van der Waals surface area contributed by atoms with Crippen molar-refractivity contribution < 1.29 is 9.59 Å². The van der Waals surface area contributed by atoms with Gasteiger partial charge in [-0.15, -0.1) is 22.7 Å². The quantitative estimate of drug-likeness (QED) is 0.129. The topological polar surface area (TPSA) is 125 Å². The first kappa shape index (κ1) is 44.6. The van der Waals surface area contributed by atoms with Gasteiger partial charge in [0.15, 0.2) is 0 Å². The normalized spacial score (nSPS) is 14.5. The van der Waals surface area contributed by atoms with Gasteiger partial charge < -0.3 is 20.9 Å². The van der Waals surface area contributed by atoms with E-state index >= 15 is 0 Å². The standard InChI is InChI=1S/C19H20N4OS.C17H18N4S.C2H3ClO.CH4.2H2S/c1-12(22-18-17-7-8-25-19(17)21-11-20-18)14-3-5-15(6-4-14)16-9-23(10-16)13(2)24;1-11(12-2-4-13(5-3-12)14-8-18-9-14)21-16-15-6-7-22-17(15)20-10-19-16;1-2(3)4;;;/h3-8,11-12,16H,9-10H2,1-2H3,(H,20,21,22);2-7,10-11,14,18H,8-9H2,1H3,(H,19,20,21);1H3;1H4;2*1H2/t12-;11-;;;;/m00..../s1. The number of benzene rings is 2. The smallest absolute Gasteiger partial charge is 0.219 e. The molecule has 8 rings (SSSR count). The van der Waals surface area contributed by atoms with Gasteiger partial charge in [-0.2, -0.15) is 27.0 Å². The van der Waals surface area contributed by atoms with Gasteiger partial charge in [0.1, 0.15) is 34.0 Å². The summed E-state index contributed by atoms with van der Waals surface area (Å²) in [7, 11) is 0. The molecule has 2 fully saturated rings. The van der Waals surface area contributed by atoms with Gasteiger partial charge >= 0.3 is 0 Å². The van der Waals surface area contributed by atoms with E-state index in [9.17, 15) is 9.59 Å². The van der Waals surface area contributed by atoms with Crippen LogP contribution < -0.4 is 16.0 Å². The van der Waals surface area contributed by atoms with Crippen molar-refractivity contribution in [3.63, 3.8) is 0 Å². The van der Waals surface area contributed by atoms with Gasteiger partial charge in [-0.1, -0.05) is 56.0 Å². The zero-order valence-corrected chi connectivity index (χ0v) is 34.4. The average molecular weight is 826 g/mol. The molecule has 6 aromatic rings. The lowest BCUT2D eigenvalue weighted by molar-refractivity contribution is -0.133. The zero-order chi connectivity index (χ0) is 35.9. The number of nitrogens with zero attached hydrogens (tertiary/aromatic N) is 5. The fraction of sp³-hybridized carbons (Fsp3) is 0.333. The summed E-state index contributed by atoms with van der Waals surface area (Å²) in [6.45, 7) is 11.1. The number of carbonyl (C=O) groups excluding carboxylic acids is 2. The summed E-state index contributed by atoms with van der Waals surface area (Å²) in [5.41, 5.74) is 5.22. The monoisotopic (exact) mass is 824 g/mol. The molecule has 1 amide bonds. The van der Waals surface area contributed by atoms with Gasteiger partial charge in [-0.3, -0.25) is 9.59 Å². The molecule has 2 aromatic carbocycles. The van der Waals surface area contributed by atoms with E-state index in [0.29, 0.717) is 11.8 Å². The molecule has 2 aliphatic heterocycles. The number of anilines is 2. The Bertz CT molecular complexity index is 2080. The molecular weight excluding hydrogens is 776 g/mol. The van der Waals surface area contributed by atoms with E-state index in [1.54, 1.807) is 42.3 Å². The molecule has 0 unspecified atom stereocenters. The van der Waals surface area contributed by atoms with Gasteiger partial charge in [0.25, 0.3) is 0 Å². The number of hydrogen-bond acceptors (Lipinski definition) is 11. The van der Waals surface area contributed by atoms with Crippen LogP contribution in [0.25, 0.3) is 20.4 Å². The third kappa shape index (κ3) is 11.1. The number of nitrogens with one attached hydrogen (secondary N) is 3. The van der Waals surface area contributed by atoms with Crippen molar-refractivity contribution in [1.82, 2.24) is 30.2 Å². The molecule has 3 N–H and O–H groups in total. The van der Waals surface area contributed by atoms with Crippen LogP contribution in [0.15, 0.2) is 84.1 Å². The highest BCUT2D eigenvalue weighted by atomic mass is 35.5. The van der Waals surface area contributed by atoms with Gasteiger partial charge in [0.2, 0.25) is 11.1 Å². The molecular formula is C39H49ClN8O2S4. The number of thiophene rings is 2. The van der Waals surface area contributed by atoms with Crippen LogP contribution in [-0.4, -0.2) is 62.2 Å². The number of rotatable bonds is 8. The van der Waals surface area contributed by atoms with Crippen LogP contribution in [0.2, 0.25) is 0 Å². The van der Waals surface area contributed by atoms with E-state index in [4.69, 9.17) is 0 Å². The average Bonchev–Trinajstić information content (AvgIpc) is 3.75.